The van der Waals surface area contributed by atoms with Crippen molar-refractivity contribution < 1.29 is 8.42 Å². The molecule has 0 amide bonds. The van der Waals surface area contributed by atoms with Gasteiger partial charge in [-0.1, -0.05) is 34.7 Å². The van der Waals surface area contributed by atoms with Crippen molar-refractivity contribution in [3.63, 3.8) is 0 Å². The molecule has 1 N–H and O–H groups in total. The fourth-order valence-electron chi connectivity index (χ4n) is 1.73. The van der Waals surface area contributed by atoms with Gasteiger partial charge in [-0.05, 0) is 48.5 Å². The Kier molecular flexibility index (Phi) is 4.86. The molecular weight excluding hydrogens is 374 g/mol. The maximum Gasteiger partial charge on any atom is 0.261 e. The minimum Gasteiger partial charge on any atom is -0.280 e. The zero-order valence-electron chi connectivity index (χ0n) is 11.5. The first-order valence-electron chi connectivity index (χ1n) is 6.35. The second-order valence-corrected chi connectivity index (χ2v) is 8.66. The first-order valence-corrected chi connectivity index (χ1v) is 9.91. The van der Waals surface area contributed by atoms with Gasteiger partial charge in [0.25, 0.3) is 10.0 Å². The summed E-state index contributed by atoms with van der Waals surface area (Å²) in [5.74, 6) is 0. The Bertz CT molecular complexity index is 880. The van der Waals surface area contributed by atoms with Crippen LogP contribution in [0.15, 0.2) is 68.2 Å². The topological polar surface area (TPSA) is 72.0 Å². The van der Waals surface area contributed by atoms with Gasteiger partial charge >= 0.3 is 0 Å². The van der Waals surface area contributed by atoms with Crippen LogP contribution in [0, 0.1) is 0 Å². The number of rotatable bonds is 5. The summed E-state index contributed by atoms with van der Waals surface area (Å²) in [6.07, 6.45) is 0. The Balaban J connectivity index is 1.73. The lowest BCUT2D eigenvalue weighted by molar-refractivity contribution is 0.601. The smallest absolute Gasteiger partial charge is 0.261 e. The lowest BCUT2D eigenvalue weighted by Crippen LogP contribution is -2.12. The molecule has 3 rings (SSSR count). The number of halogens is 1. The highest BCUT2D eigenvalue weighted by Gasteiger charge is 2.14. The lowest BCUT2D eigenvalue weighted by Gasteiger charge is -2.08. The molecule has 0 saturated heterocycles. The molecule has 0 fully saturated rings. The first kappa shape index (κ1) is 16.3. The highest BCUT2D eigenvalue weighted by molar-refractivity contribution is 8.01. The van der Waals surface area contributed by atoms with E-state index in [1.54, 1.807) is 17.6 Å². The number of anilines is 1. The molecular formula is C14H10ClN3O2S3. The summed E-state index contributed by atoms with van der Waals surface area (Å²) in [4.78, 5) is 1.12. The summed E-state index contributed by atoms with van der Waals surface area (Å²) >= 11 is 8.69. The van der Waals surface area contributed by atoms with E-state index in [0.29, 0.717) is 10.7 Å². The SMILES string of the molecule is O=S(=O)(Nc1ccc(Sc2nncs2)cc1)c1ccc(Cl)cc1. The van der Waals surface area contributed by atoms with Crippen LogP contribution in [0.3, 0.4) is 0 Å². The lowest BCUT2D eigenvalue weighted by atomic mass is 10.3. The van der Waals surface area contributed by atoms with Gasteiger partial charge in [0.15, 0.2) is 4.34 Å². The molecule has 0 aliphatic carbocycles. The Morgan fingerprint density at radius 2 is 1.74 bits per heavy atom. The van der Waals surface area contributed by atoms with Crippen molar-refractivity contribution in [2.75, 3.05) is 4.72 Å². The second kappa shape index (κ2) is 6.88. The van der Waals surface area contributed by atoms with Crippen LogP contribution in [-0.2, 0) is 10.0 Å². The monoisotopic (exact) mass is 383 g/mol. The van der Waals surface area contributed by atoms with E-state index in [0.717, 1.165) is 9.24 Å². The molecule has 0 bridgehead atoms. The summed E-state index contributed by atoms with van der Waals surface area (Å²) in [5.41, 5.74) is 2.15. The van der Waals surface area contributed by atoms with Crippen LogP contribution in [0.4, 0.5) is 5.69 Å². The van der Waals surface area contributed by atoms with Crippen LogP contribution in [0.1, 0.15) is 0 Å². The largest absolute Gasteiger partial charge is 0.280 e. The molecule has 1 aromatic heterocycles. The fraction of sp³-hybridized carbons (Fsp3) is 0. The van der Waals surface area contributed by atoms with E-state index >= 15 is 0 Å². The van der Waals surface area contributed by atoms with Gasteiger partial charge < -0.3 is 0 Å². The van der Waals surface area contributed by atoms with Crippen LogP contribution in [-0.4, -0.2) is 18.6 Å². The van der Waals surface area contributed by atoms with Crippen molar-refractivity contribution in [3.05, 3.63) is 59.1 Å². The van der Waals surface area contributed by atoms with Crippen LogP contribution in [0.25, 0.3) is 0 Å². The first-order chi connectivity index (χ1) is 11.0. The molecule has 2 aromatic carbocycles. The minimum atomic E-state index is -3.63. The third-order valence-corrected chi connectivity index (χ3v) is 6.21. The summed E-state index contributed by atoms with van der Waals surface area (Å²) in [5, 5.41) is 8.21. The van der Waals surface area contributed by atoms with Crippen molar-refractivity contribution in [1.29, 1.82) is 0 Å². The summed E-state index contributed by atoms with van der Waals surface area (Å²) in [6.45, 7) is 0. The molecule has 3 aromatic rings. The molecule has 0 unspecified atom stereocenters. The van der Waals surface area contributed by atoms with Crippen LogP contribution in [0.2, 0.25) is 5.02 Å². The Labute approximate surface area is 146 Å². The van der Waals surface area contributed by atoms with E-state index < -0.39 is 10.0 Å². The summed E-state index contributed by atoms with van der Waals surface area (Å²) in [6, 6.07) is 13.1. The van der Waals surface area contributed by atoms with Gasteiger partial charge in [0.2, 0.25) is 0 Å². The highest BCUT2D eigenvalue weighted by Crippen LogP contribution is 2.29. The zero-order valence-corrected chi connectivity index (χ0v) is 14.7. The molecule has 118 valence electrons. The molecule has 0 aliphatic heterocycles. The normalized spacial score (nSPS) is 11.3. The standard InChI is InChI=1S/C14H10ClN3O2S3/c15-10-1-7-13(8-2-10)23(19,20)18-11-3-5-12(6-4-11)22-14-17-16-9-21-14/h1-9,18H. The van der Waals surface area contributed by atoms with Gasteiger partial charge in [-0.3, -0.25) is 4.72 Å². The van der Waals surface area contributed by atoms with Crippen molar-refractivity contribution in [2.24, 2.45) is 0 Å². The van der Waals surface area contributed by atoms with Gasteiger partial charge in [0.05, 0.1) is 4.90 Å². The van der Waals surface area contributed by atoms with Crippen molar-refractivity contribution in [1.82, 2.24) is 10.2 Å². The van der Waals surface area contributed by atoms with E-state index in [1.807, 2.05) is 12.1 Å². The van der Waals surface area contributed by atoms with Crippen molar-refractivity contribution >= 4 is 50.4 Å². The molecule has 0 spiro atoms. The maximum atomic E-state index is 12.3. The van der Waals surface area contributed by atoms with E-state index in [-0.39, 0.29) is 4.90 Å². The molecule has 23 heavy (non-hydrogen) atoms. The third-order valence-electron chi connectivity index (χ3n) is 2.78. The van der Waals surface area contributed by atoms with Crippen molar-refractivity contribution in [3.8, 4) is 0 Å². The number of benzene rings is 2. The zero-order chi connectivity index (χ0) is 16.3. The molecule has 1 heterocycles. The number of hydrogen-bond acceptors (Lipinski definition) is 6. The van der Waals surface area contributed by atoms with E-state index in [9.17, 15) is 8.42 Å². The highest BCUT2D eigenvalue weighted by atomic mass is 35.5. The van der Waals surface area contributed by atoms with Gasteiger partial charge in [0, 0.05) is 15.6 Å². The van der Waals surface area contributed by atoms with Crippen LogP contribution >= 0.6 is 34.7 Å². The average molecular weight is 384 g/mol. The third kappa shape index (κ3) is 4.23. The Morgan fingerprint density at radius 3 is 2.35 bits per heavy atom. The van der Waals surface area contributed by atoms with E-state index in [1.165, 1.54) is 47.4 Å². The van der Waals surface area contributed by atoms with Gasteiger partial charge in [-0.25, -0.2) is 8.42 Å². The number of aromatic nitrogens is 2. The maximum absolute atomic E-state index is 12.3. The Morgan fingerprint density at radius 1 is 1.04 bits per heavy atom. The van der Waals surface area contributed by atoms with Gasteiger partial charge in [-0.2, -0.15) is 0 Å². The molecule has 5 nitrogen and oxygen atoms in total. The molecule has 9 heteroatoms. The second-order valence-electron chi connectivity index (χ2n) is 4.39. The number of nitrogens with one attached hydrogen (secondary N) is 1. The van der Waals surface area contributed by atoms with Crippen LogP contribution in [0.5, 0.6) is 0 Å². The minimum absolute atomic E-state index is 0.161. The quantitative estimate of drug-likeness (QED) is 0.716. The number of hydrogen-bond donors (Lipinski definition) is 1. The predicted molar refractivity (Wildman–Crippen MR) is 92.7 cm³/mol. The number of nitrogens with zero attached hydrogens (tertiary/aromatic N) is 2. The molecule has 0 atom stereocenters. The summed E-state index contributed by atoms with van der Waals surface area (Å²) in [7, 11) is -3.63. The molecule has 0 radical (unpaired) electrons. The van der Waals surface area contributed by atoms with E-state index in [4.69, 9.17) is 11.6 Å². The predicted octanol–water partition coefficient (Wildman–Crippen LogP) is 4.14. The average Bonchev–Trinajstić information content (AvgIpc) is 3.02. The number of sulfonamides is 1. The molecule has 0 aliphatic rings. The van der Waals surface area contributed by atoms with Gasteiger partial charge in [-0.15, -0.1) is 10.2 Å². The van der Waals surface area contributed by atoms with Crippen LogP contribution < -0.4 is 4.72 Å². The van der Waals surface area contributed by atoms with E-state index in [2.05, 4.69) is 14.9 Å². The Hall–Kier alpha value is -1.61. The van der Waals surface area contributed by atoms with Crippen molar-refractivity contribution in [2.45, 2.75) is 14.1 Å². The molecule has 0 saturated carbocycles. The fourth-order valence-corrected chi connectivity index (χ4v) is 4.36. The van der Waals surface area contributed by atoms with Gasteiger partial charge in [0.1, 0.15) is 5.51 Å². The summed E-state index contributed by atoms with van der Waals surface area (Å²) < 4.78 is 27.9.